The Morgan fingerprint density at radius 3 is 1.43 bits per heavy atom. The summed E-state index contributed by atoms with van der Waals surface area (Å²) in [5.41, 5.74) is 2.55. The predicted octanol–water partition coefficient (Wildman–Crippen LogP) is 3.62. The first-order chi connectivity index (χ1) is 13.7. The number of carbonyl (C=O) groups excluding carboxylic acids is 2. The van der Waals surface area contributed by atoms with E-state index in [1.807, 2.05) is 36.4 Å². The van der Waals surface area contributed by atoms with Crippen molar-refractivity contribution in [1.82, 2.24) is 10.6 Å². The second kappa shape index (κ2) is 11.2. The molecule has 6 heteroatoms. The largest absolute Gasteiger partial charge is 0.342 e. The van der Waals surface area contributed by atoms with Gasteiger partial charge in [-0.2, -0.15) is 23.5 Å². The van der Waals surface area contributed by atoms with Gasteiger partial charge in [0.05, 0.1) is 0 Å². The average Bonchev–Trinajstić information content (AvgIpc) is 2.73. The van der Waals surface area contributed by atoms with Gasteiger partial charge in [0.25, 0.3) is 0 Å². The minimum atomic E-state index is -0.413. The summed E-state index contributed by atoms with van der Waals surface area (Å²) >= 11 is 3.57. The standard InChI is InChI=1S/C22H26N2O2S2/c25-21-19(11-13-27-15-17-7-3-1-4-8-17)23-22(26)20(24-21)12-14-28-16-18-9-5-2-6-10-18/h1-10,19-20H,11-16H2,(H,23,26)(H,24,25). The van der Waals surface area contributed by atoms with Crippen molar-refractivity contribution < 1.29 is 9.59 Å². The summed E-state index contributed by atoms with van der Waals surface area (Å²) in [7, 11) is 0. The highest BCUT2D eigenvalue weighted by Crippen LogP contribution is 2.17. The van der Waals surface area contributed by atoms with E-state index in [-0.39, 0.29) is 11.8 Å². The lowest BCUT2D eigenvalue weighted by atomic mass is 10.1. The molecule has 2 aromatic carbocycles. The zero-order valence-corrected chi connectivity index (χ0v) is 17.4. The van der Waals surface area contributed by atoms with Crippen molar-refractivity contribution in [3.8, 4) is 0 Å². The molecule has 2 unspecified atom stereocenters. The maximum absolute atomic E-state index is 12.3. The van der Waals surface area contributed by atoms with Crippen LogP contribution in [0.3, 0.4) is 0 Å². The van der Waals surface area contributed by atoms with E-state index in [2.05, 4.69) is 34.9 Å². The predicted molar refractivity (Wildman–Crippen MR) is 118 cm³/mol. The molecule has 2 aromatic rings. The van der Waals surface area contributed by atoms with Gasteiger partial charge in [0.2, 0.25) is 11.8 Å². The Hall–Kier alpha value is -1.92. The molecule has 1 aliphatic heterocycles. The van der Waals surface area contributed by atoms with Gasteiger partial charge in [-0.25, -0.2) is 0 Å². The molecule has 2 atom stereocenters. The van der Waals surface area contributed by atoms with Crippen molar-refractivity contribution in [2.24, 2.45) is 0 Å². The van der Waals surface area contributed by atoms with Crippen LogP contribution in [0.25, 0.3) is 0 Å². The monoisotopic (exact) mass is 414 g/mol. The van der Waals surface area contributed by atoms with Crippen LogP contribution < -0.4 is 10.6 Å². The van der Waals surface area contributed by atoms with Crippen LogP contribution in [-0.4, -0.2) is 35.4 Å². The van der Waals surface area contributed by atoms with E-state index in [0.29, 0.717) is 12.8 Å². The molecule has 28 heavy (non-hydrogen) atoms. The van der Waals surface area contributed by atoms with E-state index in [4.69, 9.17) is 0 Å². The number of thioether (sulfide) groups is 2. The van der Waals surface area contributed by atoms with Gasteiger partial charge in [0.1, 0.15) is 12.1 Å². The first-order valence-electron chi connectivity index (χ1n) is 9.56. The lowest BCUT2D eigenvalue weighted by Gasteiger charge is -2.29. The third kappa shape index (κ3) is 6.60. The van der Waals surface area contributed by atoms with Gasteiger partial charge in [-0.05, 0) is 35.5 Å². The second-order valence-electron chi connectivity index (χ2n) is 6.78. The topological polar surface area (TPSA) is 58.2 Å². The summed E-state index contributed by atoms with van der Waals surface area (Å²) in [5, 5.41) is 5.80. The first-order valence-corrected chi connectivity index (χ1v) is 11.9. The SMILES string of the molecule is O=C1NC(CCSCc2ccccc2)C(=O)NC1CCSCc1ccccc1. The van der Waals surface area contributed by atoms with E-state index < -0.39 is 12.1 Å². The number of amides is 2. The van der Waals surface area contributed by atoms with Crippen molar-refractivity contribution in [1.29, 1.82) is 0 Å². The van der Waals surface area contributed by atoms with Crippen LogP contribution in [0.4, 0.5) is 0 Å². The van der Waals surface area contributed by atoms with E-state index in [1.165, 1.54) is 11.1 Å². The second-order valence-corrected chi connectivity index (χ2v) is 8.99. The Morgan fingerprint density at radius 1 is 0.643 bits per heavy atom. The van der Waals surface area contributed by atoms with Crippen molar-refractivity contribution in [2.45, 2.75) is 36.4 Å². The summed E-state index contributed by atoms with van der Waals surface area (Å²) in [6.45, 7) is 0. The molecular formula is C22H26N2O2S2. The number of benzene rings is 2. The molecule has 1 heterocycles. The summed E-state index contributed by atoms with van der Waals surface area (Å²) in [5.74, 6) is 3.40. The Morgan fingerprint density at radius 2 is 1.04 bits per heavy atom. The lowest BCUT2D eigenvalue weighted by Crippen LogP contribution is -2.61. The van der Waals surface area contributed by atoms with E-state index >= 15 is 0 Å². The van der Waals surface area contributed by atoms with E-state index in [0.717, 1.165) is 23.0 Å². The van der Waals surface area contributed by atoms with Crippen LogP contribution in [0.1, 0.15) is 24.0 Å². The Balaban J connectivity index is 1.33. The van der Waals surface area contributed by atoms with Crippen LogP contribution in [0.15, 0.2) is 60.7 Å². The molecule has 2 N–H and O–H groups in total. The van der Waals surface area contributed by atoms with Gasteiger partial charge in [-0.3, -0.25) is 9.59 Å². The lowest BCUT2D eigenvalue weighted by molar-refractivity contribution is -0.136. The van der Waals surface area contributed by atoms with E-state index in [9.17, 15) is 9.59 Å². The fourth-order valence-corrected chi connectivity index (χ4v) is 4.96. The van der Waals surface area contributed by atoms with Gasteiger partial charge in [-0.15, -0.1) is 0 Å². The van der Waals surface area contributed by atoms with Crippen LogP contribution in [0.2, 0.25) is 0 Å². The number of nitrogens with one attached hydrogen (secondary N) is 2. The average molecular weight is 415 g/mol. The third-order valence-corrected chi connectivity index (χ3v) is 6.71. The molecule has 0 saturated carbocycles. The first kappa shape index (κ1) is 20.8. The van der Waals surface area contributed by atoms with Gasteiger partial charge < -0.3 is 10.6 Å². The number of carbonyl (C=O) groups is 2. The minimum absolute atomic E-state index is 0.0574. The molecule has 4 nitrogen and oxygen atoms in total. The summed E-state index contributed by atoms with van der Waals surface area (Å²) in [6.07, 6.45) is 1.31. The summed E-state index contributed by atoms with van der Waals surface area (Å²) in [4.78, 5) is 24.7. The normalized spacial score (nSPS) is 19.1. The molecule has 0 radical (unpaired) electrons. The molecule has 148 valence electrons. The molecule has 0 aromatic heterocycles. The van der Waals surface area contributed by atoms with Crippen LogP contribution in [0.5, 0.6) is 0 Å². The van der Waals surface area contributed by atoms with Crippen molar-refractivity contribution in [3.63, 3.8) is 0 Å². The molecule has 1 fully saturated rings. The molecule has 0 bridgehead atoms. The highest BCUT2D eigenvalue weighted by atomic mass is 32.2. The van der Waals surface area contributed by atoms with Gasteiger partial charge >= 0.3 is 0 Å². The Kier molecular flexibility index (Phi) is 8.30. The van der Waals surface area contributed by atoms with Gasteiger partial charge in [0, 0.05) is 11.5 Å². The summed E-state index contributed by atoms with van der Waals surface area (Å²) < 4.78 is 0. The van der Waals surface area contributed by atoms with Gasteiger partial charge in [-0.1, -0.05) is 60.7 Å². The summed E-state index contributed by atoms with van der Waals surface area (Å²) in [6, 6.07) is 19.7. The molecule has 1 aliphatic rings. The molecule has 1 saturated heterocycles. The maximum Gasteiger partial charge on any atom is 0.243 e. The van der Waals surface area contributed by atoms with E-state index in [1.54, 1.807) is 23.5 Å². The number of rotatable bonds is 10. The number of hydrogen-bond donors (Lipinski definition) is 2. The van der Waals surface area contributed by atoms with Crippen molar-refractivity contribution >= 4 is 35.3 Å². The zero-order valence-electron chi connectivity index (χ0n) is 15.8. The fraction of sp³-hybridized carbons (Fsp3) is 0.364. The van der Waals surface area contributed by atoms with Gasteiger partial charge in [0.15, 0.2) is 0 Å². The van der Waals surface area contributed by atoms with Crippen LogP contribution in [0, 0.1) is 0 Å². The highest BCUT2D eigenvalue weighted by molar-refractivity contribution is 7.98. The molecular weight excluding hydrogens is 388 g/mol. The molecule has 2 amide bonds. The smallest absolute Gasteiger partial charge is 0.243 e. The molecule has 0 aliphatic carbocycles. The number of hydrogen-bond acceptors (Lipinski definition) is 4. The third-order valence-electron chi connectivity index (χ3n) is 4.59. The Labute approximate surface area is 175 Å². The van der Waals surface area contributed by atoms with Crippen LogP contribution >= 0.6 is 23.5 Å². The zero-order chi connectivity index (χ0) is 19.6. The maximum atomic E-state index is 12.3. The molecule has 3 rings (SSSR count). The quantitative estimate of drug-likeness (QED) is 0.583. The number of piperazine rings is 1. The molecule has 0 spiro atoms. The van der Waals surface area contributed by atoms with Crippen LogP contribution in [-0.2, 0) is 21.1 Å². The fourth-order valence-electron chi connectivity index (χ4n) is 3.01. The van der Waals surface area contributed by atoms with Crippen molar-refractivity contribution in [3.05, 3.63) is 71.8 Å². The van der Waals surface area contributed by atoms with Crippen molar-refractivity contribution in [2.75, 3.05) is 11.5 Å². The highest BCUT2D eigenvalue weighted by Gasteiger charge is 2.32. The minimum Gasteiger partial charge on any atom is -0.342 e. The Bertz CT molecular complexity index is 690.